The van der Waals surface area contributed by atoms with Crippen molar-refractivity contribution in [3.05, 3.63) is 40.5 Å². The van der Waals surface area contributed by atoms with Gasteiger partial charge in [-0.05, 0) is 25.1 Å². The average molecular weight is 295 g/mol. The summed E-state index contributed by atoms with van der Waals surface area (Å²) in [5.74, 6) is -4.01. The molecule has 0 aliphatic rings. The van der Waals surface area contributed by atoms with E-state index in [0.29, 0.717) is 10.2 Å². The predicted octanol–water partition coefficient (Wildman–Crippen LogP) is 3.67. The highest BCUT2D eigenvalue weighted by atomic mass is 32.1. The molecule has 0 spiro atoms. The van der Waals surface area contributed by atoms with Crippen LogP contribution < -0.4 is 5.73 Å². The zero-order valence-electron chi connectivity index (χ0n) is 10.2. The van der Waals surface area contributed by atoms with Crippen LogP contribution in [0.5, 0.6) is 0 Å². The molecule has 2 N–H and O–H groups in total. The molecule has 0 unspecified atom stereocenters. The number of anilines is 1. The van der Waals surface area contributed by atoms with Crippen molar-refractivity contribution in [1.82, 2.24) is 9.97 Å². The second-order valence-electron chi connectivity index (χ2n) is 4.23. The summed E-state index contributed by atoms with van der Waals surface area (Å²) in [5, 5.41) is 0.666. The molecule has 3 nitrogen and oxygen atoms in total. The molecule has 0 bridgehead atoms. The van der Waals surface area contributed by atoms with Crippen molar-refractivity contribution in [2.45, 2.75) is 6.92 Å². The number of aryl methyl sites for hydroxylation is 1. The Morgan fingerprint density at radius 3 is 2.60 bits per heavy atom. The number of benzene rings is 1. The van der Waals surface area contributed by atoms with Crippen molar-refractivity contribution < 1.29 is 13.2 Å². The Bertz CT molecular complexity index is 829. The molecule has 20 heavy (non-hydrogen) atoms. The van der Waals surface area contributed by atoms with Crippen LogP contribution in [0, 0.1) is 24.4 Å². The molecule has 0 fully saturated rings. The van der Waals surface area contributed by atoms with Crippen molar-refractivity contribution in [2.75, 3.05) is 5.73 Å². The summed E-state index contributed by atoms with van der Waals surface area (Å²) in [4.78, 5) is 9.67. The Morgan fingerprint density at radius 2 is 1.85 bits per heavy atom. The number of thiophene rings is 1. The molecule has 0 radical (unpaired) electrons. The first kappa shape index (κ1) is 12.9. The Hall–Kier alpha value is -2.15. The topological polar surface area (TPSA) is 51.8 Å². The van der Waals surface area contributed by atoms with Gasteiger partial charge in [0.2, 0.25) is 0 Å². The highest BCUT2D eigenvalue weighted by Crippen LogP contribution is 2.31. The molecule has 0 amide bonds. The van der Waals surface area contributed by atoms with Crippen LogP contribution in [0.25, 0.3) is 21.6 Å². The van der Waals surface area contributed by atoms with Crippen molar-refractivity contribution >= 4 is 27.4 Å². The van der Waals surface area contributed by atoms with E-state index in [4.69, 9.17) is 5.73 Å². The second-order valence-corrected chi connectivity index (χ2v) is 5.47. The lowest BCUT2D eigenvalue weighted by Gasteiger charge is -2.05. The van der Waals surface area contributed by atoms with Gasteiger partial charge < -0.3 is 5.73 Å². The Kier molecular flexibility index (Phi) is 2.86. The number of hydrogen-bond donors (Lipinski definition) is 1. The van der Waals surface area contributed by atoms with Gasteiger partial charge in [0.15, 0.2) is 23.3 Å². The lowest BCUT2D eigenvalue weighted by atomic mass is 10.2. The number of rotatable bonds is 1. The minimum absolute atomic E-state index is 0.0618. The van der Waals surface area contributed by atoms with E-state index in [1.54, 1.807) is 0 Å². The summed E-state index contributed by atoms with van der Waals surface area (Å²) >= 11 is 1.37. The molecular weight excluding hydrogens is 287 g/mol. The van der Waals surface area contributed by atoms with Gasteiger partial charge in [0.05, 0.1) is 10.9 Å². The molecule has 102 valence electrons. The molecular formula is C13H8F3N3S. The number of hydrogen-bond acceptors (Lipinski definition) is 4. The number of halogens is 3. The monoisotopic (exact) mass is 295 g/mol. The molecule has 1 aromatic carbocycles. The Balaban J connectivity index is 2.27. The lowest BCUT2D eigenvalue weighted by Crippen LogP contribution is -2.00. The zero-order chi connectivity index (χ0) is 14.4. The van der Waals surface area contributed by atoms with Crippen LogP contribution in [0.3, 0.4) is 0 Å². The SMILES string of the molecule is Cc1cc2c(N)nc(-c3ccc(F)c(F)c3F)nc2s1. The Morgan fingerprint density at radius 1 is 1.10 bits per heavy atom. The van der Waals surface area contributed by atoms with E-state index in [2.05, 4.69) is 9.97 Å². The quantitative estimate of drug-likeness (QED) is 0.697. The van der Waals surface area contributed by atoms with Crippen LogP contribution in [-0.4, -0.2) is 9.97 Å². The van der Waals surface area contributed by atoms with Crippen molar-refractivity contribution in [1.29, 1.82) is 0 Å². The van der Waals surface area contributed by atoms with Gasteiger partial charge in [0.25, 0.3) is 0 Å². The average Bonchev–Trinajstić information content (AvgIpc) is 2.77. The summed E-state index contributed by atoms with van der Waals surface area (Å²) in [6, 6.07) is 3.74. The van der Waals surface area contributed by atoms with Gasteiger partial charge in [-0.1, -0.05) is 0 Å². The minimum atomic E-state index is -1.55. The third-order valence-electron chi connectivity index (χ3n) is 2.82. The van der Waals surface area contributed by atoms with E-state index in [1.807, 2.05) is 13.0 Å². The highest BCUT2D eigenvalue weighted by Gasteiger charge is 2.18. The smallest absolute Gasteiger partial charge is 0.195 e. The molecule has 0 saturated carbocycles. The molecule has 3 aromatic rings. The normalized spacial score (nSPS) is 11.2. The lowest BCUT2D eigenvalue weighted by molar-refractivity contribution is 0.448. The molecule has 2 heterocycles. The maximum absolute atomic E-state index is 13.8. The van der Waals surface area contributed by atoms with Crippen LogP contribution >= 0.6 is 11.3 Å². The van der Waals surface area contributed by atoms with Gasteiger partial charge in [-0.15, -0.1) is 11.3 Å². The summed E-state index contributed by atoms with van der Waals surface area (Å²) in [7, 11) is 0. The van der Waals surface area contributed by atoms with Gasteiger partial charge in [-0.3, -0.25) is 0 Å². The van der Waals surface area contributed by atoms with Gasteiger partial charge in [0.1, 0.15) is 10.6 Å². The van der Waals surface area contributed by atoms with E-state index in [1.165, 1.54) is 11.3 Å². The highest BCUT2D eigenvalue weighted by molar-refractivity contribution is 7.18. The fourth-order valence-electron chi connectivity index (χ4n) is 1.88. The fourth-order valence-corrected chi connectivity index (χ4v) is 2.77. The van der Waals surface area contributed by atoms with E-state index in [9.17, 15) is 13.2 Å². The second kappa shape index (κ2) is 4.45. The summed E-state index contributed by atoms with van der Waals surface area (Å²) in [6.45, 7) is 1.88. The van der Waals surface area contributed by atoms with Crippen LogP contribution in [0.15, 0.2) is 18.2 Å². The van der Waals surface area contributed by atoms with Crippen LogP contribution in [0.2, 0.25) is 0 Å². The van der Waals surface area contributed by atoms with Gasteiger partial charge >= 0.3 is 0 Å². The molecule has 0 aliphatic carbocycles. The van der Waals surface area contributed by atoms with Crippen molar-refractivity contribution in [2.24, 2.45) is 0 Å². The third kappa shape index (κ3) is 1.90. The maximum atomic E-state index is 13.8. The van der Waals surface area contributed by atoms with Crippen molar-refractivity contribution in [3.8, 4) is 11.4 Å². The van der Waals surface area contributed by atoms with Crippen molar-refractivity contribution in [3.63, 3.8) is 0 Å². The largest absolute Gasteiger partial charge is 0.383 e. The molecule has 7 heteroatoms. The van der Waals surface area contributed by atoms with Gasteiger partial charge in [0, 0.05) is 4.88 Å². The number of nitrogen functional groups attached to an aromatic ring is 1. The summed E-state index contributed by atoms with van der Waals surface area (Å²) < 4.78 is 39.9. The first-order valence-corrected chi connectivity index (χ1v) is 6.46. The Labute approximate surface area is 115 Å². The van der Waals surface area contributed by atoms with Crippen LogP contribution in [-0.2, 0) is 0 Å². The van der Waals surface area contributed by atoms with E-state index in [0.717, 1.165) is 17.0 Å². The van der Waals surface area contributed by atoms with E-state index >= 15 is 0 Å². The molecule has 0 atom stereocenters. The standard InChI is InChI=1S/C13H8F3N3S/c1-5-4-7-11(17)18-12(19-13(7)20-5)6-2-3-8(14)10(16)9(6)15/h2-4H,1H3,(H2,17,18,19). The van der Waals surface area contributed by atoms with Gasteiger partial charge in [-0.25, -0.2) is 23.1 Å². The summed E-state index contributed by atoms with van der Waals surface area (Å²) in [6.07, 6.45) is 0. The fraction of sp³-hybridized carbons (Fsp3) is 0.0769. The first-order chi connectivity index (χ1) is 9.47. The van der Waals surface area contributed by atoms with Crippen LogP contribution in [0.1, 0.15) is 4.88 Å². The van der Waals surface area contributed by atoms with Gasteiger partial charge in [-0.2, -0.15) is 0 Å². The minimum Gasteiger partial charge on any atom is -0.383 e. The number of aromatic nitrogens is 2. The van der Waals surface area contributed by atoms with Crippen LogP contribution in [0.4, 0.5) is 19.0 Å². The zero-order valence-corrected chi connectivity index (χ0v) is 11.1. The first-order valence-electron chi connectivity index (χ1n) is 5.65. The maximum Gasteiger partial charge on any atom is 0.195 e. The number of nitrogens with zero attached hydrogens (tertiary/aromatic N) is 2. The number of nitrogens with two attached hydrogens (primary N) is 1. The molecule has 0 aliphatic heterocycles. The number of fused-ring (bicyclic) bond motifs is 1. The molecule has 0 saturated heterocycles. The molecule has 2 aromatic heterocycles. The predicted molar refractivity (Wildman–Crippen MR) is 71.9 cm³/mol. The third-order valence-corrected chi connectivity index (χ3v) is 3.77. The molecule has 3 rings (SSSR count). The summed E-state index contributed by atoms with van der Waals surface area (Å²) in [5.41, 5.74) is 5.57. The van der Waals surface area contributed by atoms with E-state index in [-0.39, 0.29) is 17.2 Å². The van der Waals surface area contributed by atoms with E-state index < -0.39 is 17.5 Å².